The first-order valence-electron chi connectivity index (χ1n) is 5.31. The monoisotopic (exact) mass is 350 g/mol. The van der Waals surface area contributed by atoms with E-state index in [4.69, 9.17) is 5.73 Å². The van der Waals surface area contributed by atoms with Gasteiger partial charge >= 0.3 is 0 Å². The smallest absolute Gasteiger partial charge is 0.0576 e. The van der Waals surface area contributed by atoms with Gasteiger partial charge in [-0.05, 0) is 53.6 Å². The standard InChI is InChI=1S/C11H15IN2OS/c12-8-1-2-11(10(13)7-8)14-9-3-5-16(15)6-4-9/h1-2,7,9,14H,3-6,13H2. The van der Waals surface area contributed by atoms with Crippen LogP contribution < -0.4 is 11.1 Å². The quantitative estimate of drug-likeness (QED) is 0.635. The van der Waals surface area contributed by atoms with E-state index in [9.17, 15) is 4.21 Å². The topological polar surface area (TPSA) is 55.1 Å². The Morgan fingerprint density at radius 2 is 2.06 bits per heavy atom. The first kappa shape index (κ1) is 12.2. The van der Waals surface area contributed by atoms with Gasteiger partial charge in [0.05, 0.1) is 11.4 Å². The van der Waals surface area contributed by atoms with Gasteiger partial charge in [-0.15, -0.1) is 0 Å². The van der Waals surface area contributed by atoms with E-state index >= 15 is 0 Å². The summed E-state index contributed by atoms with van der Waals surface area (Å²) in [5.74, 6) is 1.61. The maximum Gasteiger partial charge on any atom is 0.0576 e. The van der Waals surface area contributed by atoms with Crippen molar-refractivity contribution < 1.29 is 4.21 Å². The van der Waals surface area contributed by atoms with Gasteiger partial charge in [0.1, 0.15) is 0 Å². The van der Waals surface area contributed by atoms with Gasteiger partial charge in [-0.1, -0.05) is 0 Å². The molecule has 0 saturated carbocycles. The highest BCUT2D eigenvalue weighted by atomic mass is 127. The van der Waals surface area contributed by atoms with Crippen molar-refractivity contribution in [3.63, 3.8) is 0 Å². The molecule has 1 aromatic rings. The largest absolute Gasteiger partial charge is 0.397 e. The maximum absolute atomic E-state index is 11.2. The van der Waals surface area contributed by atoms with Crippen LogP contribution in [0.4, 0.5) is 11.4 Å². The zero-order chi connectivity index (χ0) is 11.5. The molecule has 2 rings (SSSR count). The molecule has 0 amide bonds. The highest BCUT2D eigenvalue weighted by Crippen LogP contribution is 2.23. The van der Waals surface area contributed by atoms with Gasteiger partial charge in [0.25, 0.3) is 0 Å². The van der Waals surface area contributed by atoms with Crippen molar-refractivity contribution >= 4 is 44.8 Å². The minimum absolute atomic E-state index is 0.417. The van der Waals surface area contributed by atoms with Crippen LogP contribution in [-0.2, 0) is 10.8 Å². The maximum atomic E-state index is 11.2. The molecule has 1 fully saturated rings. The number of nitrogens with one attached hydrogen (secondary N) is 1. The molecule has 1 saturated heterocycles. The van der Waals surface area contributed by atoms with Crippen LogP contribution in [0.2, 0.25) is 0 Å². The first-order chi connectivity index (χ1) is 7.65. The van der Waals surface area contributed by atoms with E-state index in [-0.39, 0.29) is 0 Å². The van der Waals surface area contributed by atoms with Crippen molar-refractivity contribution in [3.05, 3.63) is 21.8 Å². The van der Waals surface area contributed by atoms with Crippen LogP contribution in [0.5, 0.6) is 0 Å². The number of benzene rings is 1. The lowest BCUT2D eigenvalue weighted by Gasteiger charge is -2.24. The van der Waals surface area contributed by atoms with Crippen molar-refractivity contribution in [2.75, 3.05) is 22.6 Å². The molecule has 0 radical (unpaired) electrons. The summed E-state index contributed by atoms with van der Waals surface area (Å²) in [5.41, 5.74) is 7.73. The highest BCUT2D eigenvalue weighted by molar-refractivity contribution is 14.1. The third-order valence-corrected chi connectivity index (χ3v) is 4.81. The summed E-state index contributed by atoms with van der Waals surface area (Å²) in [6.07, 6.45) is 1.94. The second kappa shape index (κ2) is 5.35. The van der Waals surface area contributed by atoms with E-state index in [0.29, 0.717) is 6.04 Å². The van der Waals surface area contributed by atoms with E-state index < -0.39 is 10.8 Å². The van der Waals surface area contributed by atoms with Gasteiger partial charge in [-0.2, -0.15) is 0 Å². The molecule has 3 nitrogen and oxygen atoms in total. The van der Waals surface area contributed by atoms with Gasteiger partial charge < -0.3 is 11.1 Å². The molecule has 1 aliphatic heterocycles. The Bertz CT molecular complexity index is 401. The molecular weight excluding hydrogens is 335 g/mol. The van der Waals surface area contributed by atoms with Crippen LogP contribution in [0.1, 0.15) is 12.8 Å². The summed E-state index contributed by atoms with van der Waals surface area (Å²) in [6.45, 7) is 0. The van der Waals surface area contributed by atoms with Crippen molar-refractivity contribution in [2.24, 2.45) is 0 Å². The number of halogens is 1. The number of nitrogens with two attached hydrogens (primary N) is 1. The van der Waals surface area contributed by atoms with E-state index in [0.717, 1.165) is 39.3 Å². The lowest BCUT2D eigenvalue weighted by Crippen LogP contribution is -2.29. The predicted molar refractivity (Wildman–Crippen MR) is 78.1 cm³/mol. The number of hydrogen-bond donors (Lipinski definition) is 2. The number of anilines is 2. The molecule has 0 aliphatic carbocycles. The van der Waals surface area contributed by atoms with Gasteiger partial charge in [-0.3, -0.25) is 4.21 Å². The fourth-order valence-corrected chi connectivity index (χ4v) is 3.64. The second-order valence-electron chi connectivity index (χ2n) is 4.00. The molecule has 1 aromatic carbocycles. The molecule has 16 heavy (non-hydrogen) atoms. The molecule has 0 spiro atoms. The third kappa shape index (κ3) is 3.10. The number of rotatable bonds is 2. The Morgan fingerprint density at radius 1 is 1.38 bits per heavy atom. The van der Waals surface area contributed by atoms with E-state index in [1.807, 2.05) is 18.2 Å². The van der Waals surface area contributed by atoms with Crippen LogP contribution in [-0.4, -0.2) is 21.8 Å². The molecule has 0 unspecified atom stereocenters. The molecule has 0 atom stereocenters. The fourth-order valence-electron chi connectivity index (χ4n) is 1.82. The number of nitrogen functional groups attached to an aromatic ring is 1. The van der Waals surface area contributed by atoms with Gasteiger partial charge in [-0.25, -0.2) is 0 Å². The van der Waals surface area contributed by atoms with Crippen LogP contribution in [0.3, 0.4) is 0 Å². The minimum atomic E-state index is -0.600. The highest BCUT2D eigenvalue weighted by Gasteiger charge is 2.17. The Hall–Kier alpha value is -0.300. The summed E-state index contributed by atoms with van der Waals surface area (Å²) in [6, 6.07) is 6.44. The first-order valence-corrected chi connectivity index (χ1v) is 7.88. The van der Waals surface area contributed by atoms with E-state index in [1.165, 1.54) is 0 Å². The van der Waals surface area contributed by atoms with Gasteiger partial charge in [0.15, 0.2) is 0 Å². The molecule has 0 aromatic heterocycles. The average molecular weight is 350 g/mol. The summed E-state index contributed by atoms with van der Waals surface area (Å²) >= 11 is 2.25. The van der Waals surface area contributed by atoms with Crippen LogP contribution in [0, 0.1) is 3.57 Å². The predicted octanol–water partition coefficient (Wildman–Crippen LogP) is 2.20. The van der Waals surface area contributed by atoms with Crippen molar-refractivity contribution in [3.8, 4) is 0 Å². The normalized spacial score (nSPS) is 25.3. The number of hydrogen-bond acceptors (Lipinski definition) is 3. The second-order valence-corrected chi connectivity index (χ2v) is 6.94. The summed E-state index contributed by atoms with van der Waals surface area (Å²) in [4.78, 5) is 0. The van der Waals surface area contributed by atoms with Crippen LogP contribution in [0.25, 0.3) is 0 Å². The van der Waals surface area contributed by atoms with Crippen molar-refractivity contribution in [1.82, 2.24) is 0 Å². The molecule has 0 bridgehead atoms. The van der Waals surface area contributed by atoms with Gasteiger partial charge in [0, 0.05) is 31.9 Å². The fraction of sp³-hybridized carbons (Fsp3) is 0.455. The zero-order valence-corrected chi connectivity index (χ0v) is 11.9. The lowest BCUT2D eigenvalue weighted by molar-refractivity contribution is 0.624. The molecule has 5 heteroatoms. The van der Waals surface area contributed by atoms with E-state index in [2.05, 4.69) is 27.9 Å². The Kier molecular flexibility index (Phi) is 4.07. The Morgan fingerprint density at radius 3 is 2.69 bits per heavy atom. The summed E-state index contributed by atoms with van der Waals surface area (Å²) in [7, 11) is -0.600. The molecular formula is C11H15IN2OS. The Balaban J connectivity index is 2.01. The lowest BCUT2D eigenvalue weighted by atomic mass is 10.1. The SMILES string of the molecule is Nc1cc(I)ccc1NC1CCS(=O)CC1. The van der Waals surface area contributed by atoms with Crippen LogP contribution in [0.15, 0.2) is 18.2 Å². The molecule has 88 valence electrons. The average Bonchev–Trinajstić information content (AvgIpc) is 2.25. The van der Waals surface area contributed by atoms with Crippen molar-refractivity contribution in [1.29, 1.82) is 0 Å². The molecule has 1 heterocycles. The molecule has 3 N–H and O–H groups in total. The van der Waals surface area contributed by atoms with Gasteiger partial charge in [0.2, 0.25) is 0 Å². The zero-order valence-electron chi connectivity index (χ0n) is 8.91. The van der Waals surface area contributed by atoms with E-state index in [1.54, 1.807) is 0 Å². The summed E-state index contributed by atoms with van der Waals surface area (Å²) in [5, 5.41) is 3.43. The summed E-state index contributed by atoms with van der Waals surface area (Å²) < 4.78 is 12.4. The minimum Gasteiger partial charge on any atom is -0.397 e. The Labute approximate surface area is 112 Å². The van der Waals surface area contributed by atoms with Crippen molar-refractivity contribution in [2.45, 2.75) is 18.9 Å². The van der Waals surface area contributed by atoms with Crippen LogP contribution >= 0.6 is 22.6 Å². The molecule has 1 aliphatic rings. The third-order valence-electron chi connectivity index (χ3n) is 2.76.